The smallest absolute Gasteiger partial charge is 0.180 e. The van der Waals surface area contributed by atoms with E-state index in [0.29, 0.717) is 24.0 Å². The minimum Gasteiger partial charge on any atom is -0.483 e. The van der Waals surface area contributed by atoms with Crippen molar-refractivity contribution in [3.05, 3.63) is 41.6 Å². The zero-order valence-electron chi connectivity index (χ0n) is 9.84. The van der Waals surface area contributed by atoms with Crippen LogP contribution in [0.3, 0.4) is 0 Å². The van der Waals surface area contributed by atoms with Crippen LogP contribution in [-0.2, 0) is 6.61 Å². The van der Waals surface area contributed by atoms with Crippen molar-refractivity contribution >= 4 is 5.82 Å². The van der Waals surface area contributed by atoms with Gasteiger partial charge >= 0.3 is 0 Å². The van der Waals surface area contributed by atoms with Gasteiger partial charge in [0.15, 0.2) is 11.6 Å². The number of anilines is 1. The fourth-order valence-corrected chi connectivity index (χ4v) is 1.33. The van der Waals surface area contributed by atoms with E-state index in [2.05, 4.69) is 15.0 Å². The number of ether oxygens (including phenoxy) is 1. The molecule has 2 rings (SSSR count). The van der Waals surface area contributed by atoms with Gasteiger partial charge in [-0.2, -0.15) is 0 Å². The fraction of sp³-hybridized carbons (Fsp3) is 0.250. The molecule has 2 N–H and O–H groups in total. The van der Waals surface area contributed by atoms with Crippen LogP contribution in [0.5, 0.6) is 5.75 Å². The van der Waals surface area contributed by atoms with Crippen LogP contribution >= 0.6 is 0 Å². The van der Waals surface area contributed by atoms with Crippen LogP contribution in [0, 0.1) is 13.8 Å². The lowest BCUT2D eigenvalue weighted by atomic mass is 10.3. The molecule has 0 aliphatic rings. The van der Waals surface area contributed by atoms with Gasteiger partial charge in [-0.25, -0.2) is 9.97 Å². The highest BCUT2D eigenvalue weighted by atomic mass is 16.5. The van der Waals surface area contributed by atoms with Crippen LogP contribution in [0.25, 0.3) is 0 Å². The van der Waals surface area contributed by atoms with Gasteiger partial charge in [-0.15, -0.1) is 0 Å². The van der Waals surface area contributed by atoms with Gasteiger partial charge in [-0.1, -0.05) is 6.07 Å². The second kappa shape index (κ2) is 4.78. The molecule has 5 heteroatoms. The highest BCUT2D eigenvalue weighted by molar-refractivity contribution is 5.43. The minimum atomic E-state index is 0.359. The molecule has 2 heterocycles. The highest BCUT2D eigenvalue weighted by Gasteiger charge is 2.03. The zero-order valence-corrected chi connectivity index (χ0v) is 9.84. The van der Waals surface area contributed by atoms with Crippen LogP contribution < -0.4 is 10.5 Å². The van der Waals surface area contributed by atoms with Crippen LogP contribution in [0.1, 0.15) is 17.1 Å². The number of hydrogen-bond donors (Lipinski definition) is 1. The highest BCUT2D eigenvalue weighted by Crippen LogP contribution is 2.18. The molecule has 0 amide bonds. The maximum Gasteiger partial charge on any atom is 0.180 e. The molecular weight excluding hydrogens is 216 g/mol. The first-order chi connectivity index (χ1) is 8.15. The van der Waals surface area contributed by atoms with Crippen LogP contribution in [-0.4, -0.2) is 15.0 Å². The van der Waals surface area contributed by atoms with E-state index in [0.717, 1.165) is 11.3 Å². The Labute approximate surface area is 99.7 Å². The molecule has 0 aromatic carbocycles. The first-order valence-corrected chi connectivity index (χ1v) is 5.28. The quantitative estimate of drug-likeness (QED) is 0.867. The molecule has 0 unspecified atom stereocenters. The molecule has 0 saturated heterocycles. The van der Waals surface area contributed by atoms with Crippen molar-refractivity contribution in [1.82, 2.24) is 15.0 Å². The van der Waals surface area contributed by atoms with Gasteiger partial charge in [0.25, 0.3) is 0 Å². The fourth-order valence-electron chi connectivity index (χ4n) is 1.33. The maximum atomic E-state index is 5.72. The van der Waals surface area contributed by atoms with Crippen molar-refractivity contribution in [3.63, 3.8) is 0 Å². The van der Waals surface area contributed by atoms with Gasteiger partial charge in [0, 0.05) is 17.5 Å². The van der Waals surface area contributed by atoms with Crippen molar-refractivity contribution < 1.29 is 4.74 Å². The Hall–Kier alpha value is -2.17. The van der Waals surface area contributed by atoms with Crippen LogP contribution in [0.4, 0.5) is 5.82 Å². The second-order valence-corrected chi connectivity index (χ2v) is 3.76. The monoisotopic (exact) mass is 230 g/mol. The molecule has 5 nitrogen and oxygen atoms in total. The summed E-state index contributed by atoms with van der Waals surface area (Å²) in [5, 5.41) is 0. The largest absolute Gasteiger partial charge is 0.483 e. The molecule has 0 saturated carbocycles. The number of rotatable bonds is 3. The van der Waals surface area contributed by atoms with Crippen molar-refractivity contribution in [1.29, 1.82) is 0 Å². The average molecular weight is 230 g/mol. The molecule has 17 heavy (non-hydrogen) atoms. The van der Waals surface area contributed by atoms with Gasteiger partial charge in [-0.3, -0.25) is 4.98 Å². The van der Waals surface area contributed by atoms with Gasteiger partial charge in [0.1, 0.15) is 12.4 Å². The summed E-state index contributed by atoms with van der Waals surface area (Å²) in [7, 11) is 0. The lowest BCUT2D eigenvalue weighted by Gasteiger charge is -2.07. The van der Waals surface area contributed by atoms with Crippen molar-refractivity contribution in [3.8, 4) is 5.75 Å². The van der Waals surface area contributed by atoms with E-state index >= 15 is 0 Å². The number of hydrogen-bond acceptors (Lipinski definition) is 5. The van der Waals surface area contributed by atoms with E-state index < -0.39 is 0 Å². The molecule has 0 bridgehead atoms. The molecule has 88 valence electrons. The first-order valence-electron chi connectivity index (χ1n) is 5.28. The third-order valence-corrected chi connectivity index (χ3v) is 2.27. The van der Waals surface area contributed by atoms with E-state index in [1.165, 1.54) is 0 Å². The van der Waals surface area contributed by atoms with E-state index in [9.17, 15) is 0 Å². The summed E-state index contributed by atoms with van der Waals surface area (Å²) < 4.78 is 5.53. The molecule has 0 spiro atoms. The molecule has 2 aromatic heterocycles. The standard InChI is InChI=1S/C12H14N4O/c1-8-3-4-10(5-14-8)7-17-11-6-15-9(2)16-12(11)13/h3-6H,7H2,1-2H3,(H2,13,15,16). The number of nitrogens with zero attached hydrogens (tertiary/aromatic N) is 3. The molecule has 0 fully saturated rings. The normalized spacial score (nSPS) is 10.2. The minimum absolute atomic E-state index is 0.359. The van der Waals surface area contributed by atoms with E-state index in [4.69, 9.17) is 10.5 Å². The van der Waals surface area contributed by atoms with Gasteiger partial charge in [0.05, 0.1) is 6.20 Å². The van der Waals surface area contributed by atoms with Crippen molar-refractivity contribution in [2.24, 2.45) is 0 Å². The number of nitrogens with two attached hydrogens (primary N) is 1. The summed E-state index contributed by atoms with van der Waals surface area (Å²) in [6.07, 6.45) is 3.36. The topological polar surface area (TPSA) is 73.9 Å². The van der Waals surface area contributed by atoms with E-state index in [1.54, 1.807) is 19.3 Å². The second-order valence-electron chi connectivity index (χ2n) is 3.76. The Morgan fingerprint density at radius 3 is 2.65 bits per heavy atom. The van der Waals surface area contributed by atoms with Gasteiger partial charge in [0.2, 0.25) is 0 Å². The average Bonchev–Trinajstić information content (AvgIpc) is 2.30. The third-order valence-electron chi connectivity index (χ3n) is 2.27. The Morgan fingerprint density at radius 2 is 2.00 bits per heavy atom. The molecule has 0 aliphatic heterocycles. The van der Waals surface area contributed by atoms with Crippen molar-refractivity contribution in [2.45, 2.75) is 20.5 Å². The number of aromatic nitrogens is 3. The Bertz CT molecular complexity index is 510. The summed E-state index contributed by atoms with van der Waals surface area (Å²) in [5.41, 5.74) is 7.68. The maximum absolute atomic E-state index is 5.72. The summed E-state index contributed by atoms with van der Waals surface area (Å²) >= 11 is 0. The number of nitrogen functional groups attached to an aromatic ring is 1. The third kappa shape index (κ3) is 2.90. The summed E-state index contributed by atoms with van der Waals surface area (Å²) in [6.45, 7) is 4.13. The summed E-state index contributed by atoms with van der Waals surface area (Å²) in [4.78, 5) is 12.2. The summed E-state index contributed by atoms with van der Waals surface area (Å²) in [5.74, 6) is 1.49. The Kier molecular flexibility index (Phi) is 3.18. The van der Waals surface area contributed by atoms with Gasteiger partial charge in [-0.05, 0) is 19.9 Å². The molecule has 2 aromatic rings. The number of aryl methyl sites for hydroxylation is 2. The van der Waals surface area contributed by atoms with Crippen molar-refractivity contribution in [2.75, 3.05) is 5.73 Å². The van der Waals surface area contributed by atoms with Crippen LogP contribution in [0.2, 0.25) is 0 Å². The Balaban J connectivity index is 2.04. The predicted molar refractivity (Wildman–Crippen MR) is 64.5 cm³/mol. The van der Waals surface area contributed by atoms with E-state index in [-0.39, 0.29) is 0 Å². The molecular formula is C12H14N4O. The zero-order chi connectivity index (χ0) is 12.3. The molecule has 0 atom stereocenters. The van der Waals surface area contributed by atoms with Crippen LogP contribution in [0.15, 0.2) is 24.5 Å². The Morgan fingerprint density at radius 1 is 1.18 bits per heavy atom. The summed E-state index contributed by atoms with van der Waals surface area (Å²) in [6, 6.07) is 3.90. The predicted octanol–water partition coefficient (Wildman–Crippen LogP) is 1.65. The first kappa shape index (κ1) is 11.3. The SMILES string of the molecule is Cc1ccc(COc2cnc(C)nc2N)cn1. The molecule has 0 aliphatic carbocycles. The van der Waals surface area contributed by atoms with Gasteiger partial charge < -0.3 is 10.5 Å². The lowest BCUT2D eigenvalue weighted by Crippen LogP contribution is -2.03. The lowest BCUT2D eigenvalue weighted by molar-refractivity contribution is 0.305. The number of pyridine rings is 1. The molecule has 0 radical (unpaired) electrons. The van der Waals surface area contributed by atoms with E-state index in [1.807, 2.05) is 19.1 Å².